The molecule has 1 saturated heterocycles. The minimum atomic E-state index is -0.449. The fraction of sp³-hybridized carbons (Fsp3) is 0.250. The molecule has 4 rings (SSSR count). The van der Waals surface area contributed by atoms with Gasteiger partial charge in [-0.25, -0.2) is 4.39 Å². The van der Waals surface area contributed by atoms with Crippen LogP contribution in [0.2, 0.25) is 0 Å². The van der Waals surface area contributed by atoms with E-state index in [9.17, 15) is 9.18 Å². The zero-order chi connectivity index (χ0) is 16.5. The SMILES string of the molecule is O=Cc1ccc(-c2cc3cc(N4CCCCC4)ccc3o2)c(F)c1. The van der Waals surface area contributed by atoms with Crippen molar-refractivity contribution in [1.29, 1.82) is 0 Å². The topological polar surface area (TPSA) is 33.5 Å². The molecule has 1 fully saturated rings. The maximum atomic E-state index is 14.2. The number of rotatable bonds is 3. The summed E-state index contributed by atoms with van der Waals surface area (Å²) in [6.07, 6.45) is 4.38. The van der Waals surface area contributed by atoms with E-state index in [0.717, 1.165) is 24.1 Å². The number of furan rings is 1. The fourth-order valence-electron chi connectivity index (χ4n) is 3.32. The summed E-state index contributed by atoms with van der Waals surface area (Å²) in [5.74, 6) is 0.0330. The molecule has 3 nitrogen and oxygen atoms in total. The molecular formula is C20H18FNO2. The molecule has 2 heterocycles. The van der Waals surface area contributed by atoms with Gasteiger partial charge in [-0.3, -0.25) is 4.79 Å². The van der Waals surface area contributed by atoms with Crippen molar-refractivity contribution in [3.8, 4) is 11.3 Å². The molecular weight excluding hydrogens is 305 g/mol. The Morgan fingerprint density at radius 1 is 1.00 bits per heavy atom. The number of halogens is 1. The highest BCUT2D eigenvalue weighted by Crippen LogP contribution is 2.32. The van der Waals surface area contributed by atoms with Crippen LogP contribution in [0.4, 0.5) is 10.1 Å². The number of hydrogen-bond donors (Lipinski definition) is 0. The van der Waals surface area contributed by atoms with E-state index in [1.807, 2.05) is 12.1 Å². The van der Waals surface area contributed by atoms with Crippen molar-refractivity contribution in [2.75, 3.05) is 18.0 Å². The molecule has 0 radical (unpaired) electrons. The van der Waals surface area contributed by atoms with Gasteiger partial charge in [-0.15, -0.1) is 0 Å². The Bertz CT molecular complexity index is 894. The molecule has 1 aromatic heterocycles. The molecule has 0 amide bonds. The van der Waals surface area contributed by atoms with Crippen molar-refractivity contribution in [3.63, 3.8) is 0 Å². The fourth-order valence-corrected chi connectivity index (χ4v) is 3.32. The van der Waals surface area contributed by atoms with Crippen LogP contribution < -0.4 is 4.90 Å². The number of nitrogens with zero attached hydrogens (tertiary/aromatic N) is 1. The third-order valence-electron chi connectivity index (χ3n) is 4.62. The molecule has 2 aromatic carbocycles. The van der Waals surface area contributed by atoms with Crippen molar-refractivity contribution >= 4 is 22.9 Å². The summed E-state index contributed by atoms with van der Waals surface area (Å²) < 4.78 is 20.0. The summed E-state index contributed by atoms with van der Waals surface area (Å²) in [5, 5.41) is 0.965. The lowest BCUT2D eigenvalue weighted by Gasteiger charge is -2.28. The van der Waals surface area contributed by atoms with Gasteiger partial charge in [0.2, 0.25) is 0 Å². The standard InChI is InChI=1S/C20H18FNO2/c21-18-10-14(13-23)4-6-17(18)20-12-15-11-16(5-7-19(15)24-20)22-8-2-1-3-9-22/h4-7,10-13H,1-3,8-9H2. The number of fused-ring (bicyclic) bond motifs is 1. The summed E-state index contributed by atoms with van der Waals surface area (Å²) >= 11 is 0. The Morgan fingerprint density at radius 3 is 2.58 bits per heavy atom. The Labute approximate surface area is 139 Å². The Kier molecular flexibility index (Phi) is 3.81. The first kappa shape index (κ1) is 14.9. The van der Waals surface area contributed by atoms with E-state index < -0.39 is 5.82 Å². The lowest BCUT2D eigenvalue weighted by atomic mass is 10.1. The van der Waals surface area contributed by atoms with Crippen molar-refractivity contribution in [3.05, 3.63) is 53.8 Å². The molecule has 0 N–H and O–H groups in total. The third kappa shape index (κ3) is 2.68. The highest BCUT2D eigenvalue weighted by molar-refractivity contribution is 5.86. The summed E-state index contributed by atoms with van der Waals surface area (Å²) in [7, 11) is 0. The predicted molar refractivity (Wildman–Crippen MR) is 93.1 cm³/mol. The molecule has 24 heavy (non-hydrogen) atoms. The van der Waals surface area contributed by atoms with Crippen LogP contribution in [0.25, 0.3) is 22.3 Å². The average Bonchev–Trinajstić information content (AvgIpc) is 3.05. The van der Waals surface area contributed by atoms with Gasteiger partial charge in [0.25, 0.3) is 0 Å². The number of carbonyl (C=O) groups excluding carboxylic acids is 1. The summed E-state index contributed by atoms with van der Waals surface area (Å²) in [5.41, 5.74) is 2.62. The highest BCUT2D eigenvalue weighted by Gasteiger charge is 2.15. The lowest BCUT2D eigenvalue weighted by Crippen LogP contribution is -2.29. The molecule has 0 unspecified atom stereocenters. The van der Waals surface area contributed by atoms with E-state index in [-0.39, 0.29) is 0 Å². The summed E-state index contributed by atoms with van der Waals surface area (Å²) in [4.78, 5) is 13.1. The van der Waals surface area contributed by atoms with E-state index in [1.165, 1.54) is 31.0 Å². The maximum Gasteiger partial charge on any atom is 0.150 e. The summed E-state index contributed by atoms with van der Waals surface area (Å²) in [6, 6.07) is 12.4. The maximum absolute atomic E-state index is 14.2. The van der Waals surface area contributed by atoms with Gasteiger partial charge in [0.15, 0.2) is 0 Å². The average molecular weight is 323 g/mol. The van der Waals surface area contributed by atoms with Gasteiger partial charge in [0.05, 0.1) is 5.56 Å². The number of hydrogen-bond acceptors (Lipinski definition) is 3. The van der Waals surface area contributed by atoms with Crippen LogP contribution in [0.15, 0.2) is 46.9 Å². The smallest absolute Gasteiger partial charge is 0.150 e. The van der Waals surface area contributed by atoms with Crippen LogP contribution in [-0.2, 0) is 0 Å². The number of aldehydes is 1. The molecule has 0 aliphatic carbocycles. The van der Waals surface area contributed by atoms with E-state index >= 15 is 0 Å². The van der Waals surface area contributed by atoms with Crippen LogP contribution in [0.3, 0.4) is 0 Å². The minimum absolute atomic E-state index is 0.319. The second-order valence-electron chi connectivity index (χ2n) is 6.24. The highest BCUT2D eigenvalue weighted by atomic mass is 19.1. The second-order valence-corrected chi connectivity index (χ2v) is 6.24. The predicted octanol–water partition coefficient (Wildman–Crippen LogP) is 5.04. The van der Waals surface area contributed by atoms with Crippen molar-refractivity contribution < 1.29 is 13.6 Å². The van der Waals surface area contributed by atoms with Crippen LogP contribution in [0.5, 0.6) is 0 Å². The molecule has 1 aliphatic heterocycles. The summed E-state index contributed by atoms with van der Waals surface area (Å²) in [6.45, 7) is 2.16. The van der Waals surface area contributed by atoms with Crippen LogP contribution in [-0.4, -0.2) is 19.4 Å². The van der Waals surface area contributed by atoms with Gasteiger partial charge < -0.3 is 9.32 Å². The van der Waals surface area contributed by atoms with Gasteiger partial charge in [-0.05, 0) is 55.7 Å². The number of carbonyl (C=O) groups is 1. The largest absolute Gasteiger partial charge is 0.456 e. The van der Waals surface area contributed by atoms with Gasteiger partial charge in [-0.2, -0.15) is 0 Å². The first-order valence-corrected chi connectivity index (χ1v) is 8.28. The first-order valence-electron chi connectivity index (χ1n) is 8.28. The third-order valence-corrected chi connectivity index (χ3v) is 4.62. The number of anilines is 1. The molecule has 122 valence electrons. The van der Waals surface area contributed by atoms with Crippen molar-refractivity contribution in [1.82, 2.24) is 0 Å². The quantitative estimate of drug-likeness (QED) is 0.633. The van der Waals surface area contributed by atoms with E-state index in [2.05, 4.69) is 17.0 Å². The zero-order valence-electron chi connectivity index (χ0n) is 13.3. The molecule has 0 spiro atoms. The van der Waals surface area contributed by atoms with Crippen LogP contribution in [0.1, 0.15) is 29.6 Å². The molecule has 0 bridgehead atoms. The normalized spacial score (nSPS) is 15.0. The van der Waals surface area contributed by atoms with Crippen LogP contribution >= 0.6 is 0 Å². The molecule has 1 aliphatic rings. The molecule has 3 aromatic rings. The second kappa shape index (κ2) is 6.11. The van der Waals surface area contributed by atoms with Crippen molar-refractivity contribution in [2.24, 2.45) is 0 Å². The number of benzene rings is 2. The lowest BCUT2D eigenvalue weighted by molar-refractivity contribution is 0.112. The molecule has 0 saturated carbocycles. The van der Waals surface area contributed by atoms with Crippen molar-refractivity contribution in [2.45, 2.75) is 19.3 Å². The molecule has 4 heteroatoms. The molecule has 0 atom stereocenters. The van der Waals surface area contributed by atoms with Gasteiger partial charge in [0, 0.05) is 29.7 Å². The van der Waals surface area contributed by atoms with Gasteiger partial charge in [0.1, 0.15) is 23.4 Å². The Balaban J connectivity index is 1.71. The first-order chi connectivity index (χ1) is 11.7. The monoisotopic (exact) mass is 323 g/mol. The Morgan fingerprint density at radius 2 is 1.83 bits per heavy atom. The van der Waals surface area contributed by atoms with E-state index in [0.29, 0.717) is 23.2 Å². The van der Waals surface area contributed by atoms with E-state index in [4.69, 9.17) is 4.42 Å². The number of piperidine rings is 1. The van der Waals surface area contributed by atoms with Gasteiger partial charge in [-0.1, -0.05) is 6.07 Å². The zero-order valence-corrected chi connectivity index (χ0v) is 13.3. The van der Waals surface area contributed by atoms with Crippen LogP contribution in [0, 0.1) is 5.82 Å². The van der Waals surface area contributed by atoms with E-state index in [1.54, 1.807) is 12.1 Å². The minimum Gasteiger partial charge on any atom is -0.456 e. The Hall–Kier alpha value is -2.62. The van der Waals surface area contributed by atoms with Gasteiger partial charge >= 0.3 is 0 Å².